The molecular weight excluding hydrogens is 218 g/mol. The fourth-order valence-electron chi connectivity index (χ4n) is 2.03. The third-order valence-corrected chi connectivity index (χ3v) is 2.81. The number of benzene rings is 2. The van der Waals surface area contributed by atoms with E-state index in [1.807, 2.05) is 24.3 Å². The van der Waals surface area contributed by atoms with Crippen LogP contribution in [0.15, 0.2) is 40.8 Å². The van der Waals surface area contributed by atoms with Crippen LogP contribution in [-0.4, -0.2) is 11.1 Å². The first-order valence-corrected chi connectivity index (χ1v) is 5.11. The van der Waals surface area contributed by atoms with Crippen molar-refractivity contribution in [2.45, 2.75) is 0 Å². The number of rotatable bonds is 1. The second-order valence-electron chi connectivity index (χ2n) is 3.80. The Morgan fingerprint density at radius 3 is 2.65 bits per heavy atom. The Bertz CT molecular complexity index is 743. The third kappa shape index (κ3) is 1.27. The van der Waals surface area contributed by atoms with Gasteiger partial charge in [0.15, 0.2) is 0 Å². The summed E-state index contributed by atoms with van der Waals surface area (Å²) in [6.07, 6.45) is 0. The number of aromatic carboxylic acids is 1. The summed E-state index contributed by atoms with van der Waals surface area (Å²) in [5.41, 5.74) is 7.55. The molecule has 0 spiro atoms. The van der Waals surface area contributed by atoms with E-state index in [0.29, 0.717) is 16.6 Å². The van der Waals surface area contributed by atoms with Crippen LogP contribution in [0.5, 0.6) is 0 Å². The summed E-state index contributed by atoms with van der Waals surface area (Å²) in [7, 11) is 0. The molecular formula is C13H9NO3. The number of hydrogen-bond acceptors (Lipinski definition) is 3. The van der Waals surface area contributed by atoms with Crippen molar-refractivity contribution in [3.63, 3.8) is 0 Å². The molecule has 0 aliphatic rings. The van der Waals surface area contributed by atoms with Crippen molar-refractivity contribution in [3.05, 3.63) is 42.0 Å². The second-order valence-corrected chi connectivity index (χ2v) is 3.80. The molecule has 0 amide bonds. The Hall–Kier alpha value is -2.49. The van der Waals surface area contributed by atoms with Gasteiger partial charge in [-0.3, -0.25) is 0 Å². The predicted octanol–water partition coefficient (Wildman–Crippen LogP) is 2.87. The Kier molecular flexibility index (Phi) is 1.86. The van der Waals surface area contributed by atoms with Crippen LogP contribution >= 0.6 is 0 Å². The maximum absolute atomic E-state index is 11.0. The molecule has 0 aliphatic heterocycles. The fourth-order valence-corrected chi connectivity index (χ4v) is 2.03. The van der Waals surface area contributed by atoms with E-state index < -0.39 is 5.97 Å². The molecule has 3 rings (SSSR count). The highest BCUT2D eigenvalue weighted by molar-refractivity contribution is 6.15. The third-order valence-electron chi connectivity index (χ3n) is 2.81. The van der Waals surface area contributed by atoms with Gasteiger partial charge in [0, 0.05) is 5.39 Å². The van der Waals surface area contributed by atoms with E-state index in [4.69, 9.17) is 15.3 Å². The number of anilines is 1. The van der Waals surface area contributed by atoms with Gasteiger partial charge in [-0.05, 0) is 18.2 Å². The maximum Gasteiger partial charge on any atom is 0.337 e. The normalized spacial score (nSPS) is 11.1. The second kappa shape index (κ2) is 3.25. The summed E-state index contributed by atoms with van der Waals surface area (Å²) in [5.74, 6) is -1.03. The highest BCUT2D eigenvalue weighted by Gasteiger charge is 2.15. The quantitative estimate of drug-likeness (QED) is 0.626. The molecule has 17 heavy (non-hydrogen) atoms. The molecule has 2 aromatic carbocycles. The zero-order chi connectivity index (χ0) is 12.0. The lowest BCUT2D eigenvalue weighted by molar-refractivity contribution is 0.0698. The first kappa shape index (κ1) is 9.72. The van der Waals surface area contributed by atoms with Gasteiger partial charge in [0.05, 0.1) is 16.6 Å². The van der Waals surface area contributed by atoms with Crippen molar-refractivity contribution in [2.75, 3.05) is 5.73 Å². The van der Waals surface area contributed by atoms with Crippen LogP contribution in [0.1, 0.15) is 10.4 Å². The van der Waals surface area contributed by atoms with E-state index in [-0.39, 0.29) is 11.3 Å². The van der Waals surface area contributed by atoms with Gasteiger partial charge in [-0.15, -0.1) is 0 Å². The van der Waals surface area contributed by atoms with Crippen molar-refractivity contribution >= 4 is 33.6 Å². The molecule has 0 unspecified atom stereocenters. The number of carboxylic acids is 1. The van der Waals surface area contributed by atoms with Crippen LogP contribution in [0.3, 0.4) is 0 Å². The van der Waals surface area contributed by atoms with Crippen LogP contribution in [0.2, 0.25) is 0 Å². The highest BCUT2D eigenvalue weighted by atomic mass is 16.4. The summed E-state index contributed by atoms with van der Waals surface area (Å²) < 4.78 is 5.60. The van der Waals surface area contributed by atoms with E-state index in [2.05, 4.69) is 0 Å². The summed E-state index contributed by atoms with van der Waals surface area (Å²) in [4.78, 5) is 11.0. The van der Waals surface area contributed by atoms with Crippen molar-refractivity contribution in [3.8, 4) is 0 Å². The van der Waals surface area contributed by atoms with Crippen LogP contribution < -0.4 is 5.73 Å². The topological polar surface area (TPSA) is 76.5 Å². The number of fused-ring (bicyclic) bond motifs is 3. The van der Waals surface area contributed by atoms with Crippen LogP contribution in [0.25, 0.3) is 21.9 Å². The number of carbonyl (C=O) groups is 1. The molecule has 0 saturated heterocycles. The minimum absolute atomic E-state index is 0.101. The molecule has 0 saturated carbocycles. The molecule has 4 heteroatoms. The van der Waals surface area contributed by atoms with Gasteiger partial charge in [-0.2, -0.15) is 0 Å². The standard InChI is InChI=1S/C13H9NO3/c14-12-8(13(15)16)5-6-10-11(12)7-3-1-2-4-9(7)17-10/h1-6H,14H2,(H,15,16). The lowest BCUT2D eigenvalue weighted by Crippen LogP contribution is -2.02. The molecule has 0 fully saturated rings. The first-order chi connectivity index (χ1) is 8.18. The number of nitrogens with two attached hydrogens (primary N) is 1. The van der Waals surface area contributed by atoms with Crippen molar-refractivity contribution in [1.82, 2.24) is 0 Å². The molecule has 0 bridgehead atoms. The Balaban J connectivity index is 2.52. The Morgan fingerprint density at radius 2 is 1.88 bits per heavy atom. The smallest absolute Gasteiger partial charge is 0.337 e. The predicted molar refractivity (Wildman–Crippen MR) is 65.1 cm³/mol. The number of para-hydroxylation sites is 1. The minimum atomic E-state index is -1.03. The molecule has 84 valence electrons. The van der Waals surface area contributed by atoms with Gasteiger partial charge in [-0.25, -0.2) is 4.79 Å². The Morgan fingerprint density at radius 1 is 1.12 bits per heavy atom. The summed E-state index contributed by atoms with van der Waals surface area (Å²) in [6, 6.07) is 10.5. The van der Waals surface area contributed by atoms with Gasteiger partial charge in [0.1, 0.15) is 11.2 Å². The van der Waals surface area contributed by atoms with Crippen molar-refractivity contribution in [1.29, 1.82) is 0 Å². The average molecular weight is 227 g/mol. The molecule has 3 N–H and O–H groups in total. The van der Waals surface area contributed by atoms with E-state index in [1.165, 1.54) is 6.07 Å². The van der Waals surface area contributed by atoms with Crippen LogP contribution in [0, 0.1) is 0 Å². The molecule has 0 radical (unpaired) electrons. The van der Waals surface area contributed by atoms with Crippen molar-refractivity contribution in [2.24, 2.45) is 0 Å². The summed E-state index contributed by atoms with van der Waals surface area (Å²) in [6.45, 7) is 0. The van der Waals surface area contributed by atoms with Gasteiger partial charge in [0.2, 0.25) is 0 Å². The monoisotopic (exact) mass is 227 g/mol. The average Bonchev–Trinajstić information content (AvgIpc) is 2.67. The lowest BCUT2D eigenvalue weighted by atomic mass is 10.1. The van der Waals surface area contributed by atoms with Gasteiger partial charge < -0.3 is 15.3 Å². The zero-order valence-corrected chi connectivity index (χ0v) is 8.81. The van der Waals surface area contributed by atoms with E-state index in [0.717, 1.165) is 5.39 Å². The largest absolute Gasteiger partial charge is 0.478 e. The SMILES string of the molecule is Nc1c(C(=O)O)ccc2oc3ccccc3c12. The molecule has 1 aromatic heterocycles. The number of furan rings is 1. The molecule has 0 aliphatic carbocycles. The molecule has 4 nitrogen and oxygen atoms in total. The number of nitrogen functional groups attached to an aromatic ring is 1. The lowest BCUT2D eigenvalue weighted by Gasteiger charge is -2.01. The molecule has 3 aromatic rings. The van der Waals surface area contributed by atoms with E-state index in [1.54, 1.807) is 6.07 Å². The zero-order valence-electron chi connectivity index (χ0n) is 8.81. The number of hydrogen-bond donors (Lipinski definition) is 2. The maximum atomic E-state index is 11.0. The van der Waals surface area contributed by atoms with Gasteiger partial charge in [-0.1, -0.05) is 18.2 Å². The fraction of sp³-hybridized carbons (Fsp3) is 0. The van der Waals surface area contributed by atoms with Crippen molar-refractivity contribution < 1.29 is 14.3 Å². The van der Waals surface area contributed by atoms with Gasteiger partial charge in [0.25, 0.3) is 0 Å². The van der Waals surface area contributed by atoms with E-state index >= 15 is 0 Å². The molecule has 0 atom stereocenters. The summed E-state index contributed by atoms with van der Waals surface area (Å²) >= 11 is 0. The first-order valence-electron chi connectivity index (χ1n) is 5.11. The molecule has 1 heterocycles. The summed E-state index contributed by atoms with van der Waals surface area (Å²) in [5, 5.41) is 10.5. The minimum Gasteiger partial charge on any atom is -0.478 e. The van der Waals surface area contributed by atoms with Crippen LogP contribution in [0.4, 0.5) is 5.69 Å². The number of carboxylic acid groups (broad SMARTS) is 1. The highest BCUT2D eigenvalue weighted by Crippen LogP contribution is 2.34. The van der Waals surface area contributed by atoms with E-state index in [9.17, 15) is 4.79 Å². The van der Waals surface area contributed by atoms with Crippen LogP contribution in [-0.2, 0) is 0 Å². The Labute approximate surface area is 96.2 Å². The van der Waals surface area contributed by atoms with Gasteiger partial charge >= 0.3 is 5.97 Å².